The number of carbonyl (C=O) groups is 2. The van der Waals surface area contributed by atoms with Gasteiger partial charge in [0.2, 0.25) is 5.91 Å². The third-order valence-corrected chi connectivity index (χ3v) is 4.68. The fourth-order valence-electron chi connectivity index (χ4n) is 2.42. The van der Waals surface area contributed by atoms with Gasteiger partial charge in [0.15, 0.2) is 0 Å². The number of piperidine rings is 1. The maximum atomic E-state index is 12.4. The fourth-order valence-corrected chi connectivity index (χ4v) is 3.17. The summed E-state index contributed by atoms with van der Waals surface area (Å²) in [6.45, 7) is 5.62. The van der Waals surface area contributed by atoms with Crippen LogP contribution >= 0.6 is 11.3 Å². The Kier molecular flexibility index (Phi) is 5.30. The van der Waals surface area contributed by atoms with E-state index in [1.54, 1.807) is 10.3 Å². The van der Waals surface area contributed by atoms with E-state index >= 15 is 0 Å². The SMILES string of the molecule is CCNC(=O)C1CCN(C(=O)c2csc(C(C)N)n2)CC1. The molecule has 1 fully saturated rings. The molecule has 0 aliphatic carbocycles. The third kappa shape index (κ3) is 3.79. The van der Waals surface area contributed by atoms with E-state index in [9.17, 15) is 9.59 Å². The molecule has 0 spiro atoms. The third-order valence-electron chi connectivity index (χ3n) is 3.63. The van der Waals surface area contributed by atoms with Crippen molar-refractivity contribution in [1.82, 2.24) is 15.2 Å². The zero-order valence-electron chi connectivity index (χ0n) is 12.5. The quantitative estimate of drug-likeness (QED) is 0.873. The zero-order valence-corrected chi connectivity index (χ0v) is 13.3. The molecule has 6 nitrogen and oxygen atoms in total. The molecule has 0 saturated carbocycles. The van der Waals surface area contributed by atoms with Gasteiger partial charge in [-0.3, -0.25) is 9.59 Å². The Morgan fingerprint density at radius 3 is 2.71 bits per heavy atom. The summed E-state index contributed by atoms with van der Waals surface area (Å²) >= 11 is 1.41. The Balaban J connectivity index is 1.92. The molecule has 3 N–H and O–H groups in total. The van der Waals surface area contributed by atoms with Crippen molar-refractivity contribution in [2.45, 2.75) is 32.7 Å². The summed E-state index contributed by atoms with van der Waals surface area (Å²) < 4.78 is 0. The van der Waals surface area contributed by atoms with Crippen molar-refractivity contribution < 1.29 is 9.59 Å². The summed E-state index contributed by atoms with van der Waals surface area (Å²) in [7, 11) is 0. The summed E-state index contributed by atoms with van der Waals surface area (Å²) in [6.07, 6.45) is 1.42. The Hall–Kier alpha value is -1.47. The number of thiazole rings is 1. The van der Waals surface area contributed by atoms with Crippen molar-refractivity contribution in [2.24, 2.45) is 11.7 Å². The minimum Gasteiger partial charge on any atom is -0.356 e. The highest BCUT2D eigenvalue weighted by atomic mass is 32.1. The van der Waals surface area contributed by atoms with Crippen molar-refractivity contribution in [3.05, 3.63) is 16.1 Å². The Morgan fingerprint density at radius 2 is 2.19 bits per heavy atom. The Morgan fingerprint density at radius 1 is 1.52 bits per heavy atom. The molecule has 0 radical (unpaired) electrons. The highest BCUT2D eigenvalue weighted by molar-refractivity contribution is 7.09. The van der Waals surface area contributed by atoms with E-state index in [0.717, 1.165) is 5.01 Å². The number of amides is 2. The average Bonchev–Trinajstić information content (AvgIpc) is 2.97. The minimum atomic E-state index is -0.153. The van der Waals surface area contributed by atoms with Gasteiger partial charge in [-0.1, -0.05) is 0 Å². The minimum absolute atomic E-state index is 0.0176. The average molecular weight is 310 g/mol. The number of rotatable bonds is 4. The molecule has 1 aliphatic rings. The predicted molar refractivity (Wildman–Crippen MR) is 82.0 cm³/mol. The summed E-state index contributed by atoms with van der Waals surface area (Å²) in [6, 6.07) is -0.153. The molecule has 0 aromatic carbocycles. The van der Waals surface area contributed by atoms with E-state index in [0.29, 0.717) is 38.2 Å². The van der Waals surface area contributed by atoms with Crippen molar-refractivity contribution in [2.75, 3.05) is 19.6 Å². The normalized spacial score (nSPS) is 17.6. The van der Waals surface area contributed by atoms with Gasteiger partial charge in [-0.15, -0.1) is 11.3 Å². The topological polar surface area (TPSA) is 88.3 Å². The van der Waals surface area contributed by atoms with Gasteiger partial charge in [-0.25, -0.2) is 4.98 Å². The largest absolute Gasteiger partial charge is 0.356 e. The van der Waals surface area contributed by atoms with E-state index in [2.05, 4.69) is 10.3 Å². The second-order valence-corrected chi connectivity index (χ2v) is 6.21. The summed E-state index contributed by atoms with van der Waals surface area (Å²) in [4.78, 5) is 30.2. The van der Waals surface area contributed by atoms with Crippen LogP contribution in [0.3, 0.4) is 0 Å². The summed E-state index contributed by atoms with van der Waals surface area (Å²) in [5.41, 5.74) is 6.23. The van der Waals surface area contributed by atoms with Crippen molar-refractivity contribution in [1.29, 1.82) is 0 Å². The van der Waals surface area contributed by atoms with Crippen molar-refractivity contribution in [3.63, 3.8) is 0 Å². The first-order valence-corrected chi connectivity index (χ1v) is 8.18. The van der Waals surface area contributed by atoms with Crippen LogP contribution in [0.15, 0.2) is 5.38 Å². The van der Waals surface area contributed by atoms with E-state index in [1.165, 1.54) is 11.3 Å². The first-order valence-electron chi connectivity index (χ1n) is 7.31. The molecule has 7 heteroatoms. The number of nitrogens with one attached hydrogen (secondary N) is 1. The number of hydrogen-bond acceptors (Lipinski definition) is 5. The van der Waals surface area contributed by atoms with Gasteiger partial charge in [-0.2, -0.15) is 0 Å². The van der Waals surface area contributed by atoms with E-state index in [4.69, 9.17) is 5.73 Å². The van der Waals surface area contributed by atoms with Crippen LogP contribution in [0.2, 0.25) is 0 Å². The lowest BCUT2D eigenvalue weighted by Crippen LogP contribution is -2.43. The van der Waals surface area contributed by atoms with Gasteiger partial charge in [0.1, 0.15) is 10.7 Å². The van der Waals surface area contributed by atoms with E-state index < -0.39 is 0 Å². The maximum Gasteiger partial charge on any atom is 0.273 e. The Bertz CT molecular complexity index is 507. The standard InChI is InChI=1S/C14H22N4O2S/c1-3-16-12(19)10-4-6-18(7-5-10)14(20)11-8-21-13(17-11)9(2)15/h8-10H,3-7,15H2,1-2H3,(H,16,19). The molecular weight excluding hydrogens is 288 g/mol. The molecule has 1 aromatic rings. The Labute approximate surface area is 128 Å². The van der Waals surface area contributed by atoms with Gasteiger partial charge < -0.3 is 16.0 Å². The smallest absolute Gasteiger partial charge is 0.273 e. The van der Waals surface area contributed by atoms with E-state index in [-0.39, 0.29) is 23.8 Å². The van der Waals surface area contributed by atoms with Crippen LogP contribution < -0.4 is 11.1 Å². The van der Waals surface area contributed by atoms with E-state index in [1.807, 2.05) is 13.8 Å². The summed E-state index contributed by atoms with van der Waals surface area (Å²) in [5, 5.41) is 5.37. The van der Waals surface area contributed by atoms with Crippen molar-refractivity contribution in [3.8, 4) is 0 Å². The second kappa shape index (κ2) is 7.00. The fraction of sp³-hybridized carbons (Fsp3) is 0.643. The van der Waals surface area contributed by atoms with Crippen molar-refractivity contribution >= 4 is 23.2 Å². The number of nitrogens with two attached hydrogens (primary N) is 1. The molecule has 1 aliphatic heterocycles. The molecule has 2 amide bonds. The first kappa shape index (κ1) is 15.9. The molecule has 0 bridgehead atoms. The van der Waals surface area contributed by atoms with Gasteiger partial charge in [-0.05, 0) is 26.7 Å². The van der Waals surface area contributed by atoms with Crippen LogP contribution in [0.25, 0.3) is 0 Å². The zero-order chi connectivity index (χ0) is 15.4. The molecule has 21 heavy (non-hydrogen) atoms. The number of likely N-dealkylation sites (tertiary alicyclic amines) is 1. The van der Waals surface area contributed by atoms with Crippen LogP contribution in [-0.4, -0.2) is 41.3 Å². The van der Waals surface area contributed by atoms with Gasteiger partial charge >= 0.3 is 0 Å². The number of hydrogen-bond donors (Lipinski definition) is 2. The maximum absolute atomic E-state index is 12.4. The molecule has 116 valence electrons. The van der Waals surface area contributed by atoms with Crippen LogP contribution in [0.5, 0.6) is 0 Å². The lowest BCUT2D eigenvalue weighted by Gasteiger charge is -2.30. The van der Waals surface area contributed by atoms with Gasteiger partial charge in [0.25, 0.3) is 5.91 Å². The van der Waals surface area contributed by atoms with Crippen LogP contribution in [0.4, 0.5) is 0 Å². The monoisotopic (exact) mass is 310 g/mol. The molecule has 1 saturated heterocycles. The molecule has 2 heterocycles. The lowest BCUT2D eigenvalue weighted by atomic mass is 9.96. The summed E-state index contributed by atoms with van der Waals surface area (Å²) in [5.74, 6) is 0.0501. The highest BCUT2D eigenvalue weighted by Crippen LogP contribution is 2.21. The molecule has 1 unspecified atom stereocenters. The molecular formula is C14H22N4O2S. The number of nitrogens with zero attached hydrogens (tertiary/aromatic N) is 2. The predicted octanol–water partition coefficient (Wildman–Crippen LogP) is 1.15. The first-order chi connectivity index (χ1) is 10.0. The number of aromatic nitrogens is 1. The van der Waals surface area contributed by atoms with Gasteiger partial charge in [0, 0.05) is 30.9 Å². The molecule has 1 atom stereocenters. The van der Waals surface area contributed by atoms with Crippen LogP contribution in [-0.2, 0) is 4.79 Å². The van der Waals surface area contributed by atoms with Crippen LogP contribution in [0, 0.1) is 5.92 Å². The molecule has 1 aromatic heterocycles. The highest BCUT2D eigenvalue weighted by Gasteiger charge is 2.28. The lowest BCUT2D eigenvalue weighted by molar-refractivity contribution is -0.126. The van der Waals surface area contributed by atoms with Gasteiger partial charge in [0.05, 0.1) is 6.04 Å². The van der Waals surface area contributed by atoms with Crippen LogP contribution in [0.1, 0.15) is 48.2 Å². The second-order valence-electron chi connectivity index (χ2n) is 5.32. The molecule has 2 rings (SSSR count). The number of carbonyl (C=O) groups excluding carboxylic acids is 2.